The van der Waals surface area contributed by atoms with Gasteiger partial charge in [-0.3, -0.25) is 9.69 Å². The Labute approximate surface area is 400 Å². The number of imidazole rings is 2. The number of aromatic nitrogens is 4. The minimum atomic E-state index is -0.740. The maximum Gasteiger partial charge on any atom is 0.407 e. The lowest BCUT2D eigenvalue weighted by molar-refractivity contribution is -0.135. The van der Waals surface area contributed by atoms with Crippen molar-refractivity contribution in [2.24, 2.45) is 23.5 Å². The predicted octanol–water partition coefficient (Wildman–Crippen LogP) is 9.53. The number of H-pyrrole nitrogens is 2. The second-order valence-corrected chi connectivity index (χ2v) is 20.2. The number of hydrogen-bond acceptors (Lipinski definition) is 10. The van der Waals surface area contributed by atoms with Gasteiger partial charge in [0.1, 0.15) is 41.5 Å². The van der Waals surface area contributed by atoms with Crippen molar-refractivity contribution in [3.63, 3.8) is 0 Å². The van der Waals surface area contributed by atoms with Crippen LogP contribution in [0.25, 0.3) is 34.2 Å². The molecule has 6 N–H and O–H groups in total. The summed E-state index contributed by atoms with van der Waals surface area (Å²) in [5.74, 6) is 3.23. The molecule has 5 heterocycles. The summed E-state index contributed by atoms with van der Waals surface area (Å²) in [6.45, 7) is 15.7. The highest BCUT2D eigenvalue weighted by Gasteiger charge is 2.41. The number of nitrogens with zero attached hydrogens (tertiary/aromatic N) is 4. The van der Waals surface area contributed by atoms with E-state index < -0.39 is 18.4 Å². The van der Waals surface area contributed by atoms with Gasteiger partial charge in [0.25, 0.3) is 0 Å². The van der Waals surface area contributed by atoms with Gasteiger partial charge >= 0.3 is 6.09 Å². The van der Waals surface area contributed by atoms with Gasteiger partial charge in [0.05, 0.1) is 49.1 Å². The van der Waals surface area contributed by atoms with Crippen LogP contribution in [0.15, 0.2) is 73.1 Å². The summed E-state index contributed by atoms with van der Waals surface area (Å²) in [5, 5.41) is 14.0. The molecular weight excluding hydrogens is 857 g/mol. The van der Waals surface area contributed by atoms with Crippen LogP contribution in [-0.2, 0) is 9.53 Å². The van der Waals surface area contributed by atoms with Gasteiger partial charge in [-0.25, -0.2) is 14.8 Å². The molecule has 1 aliphatic carbocycles. The van der Waals surface area contributed by atoms with Crippen LogP contribution in [0.3, 0.4) is 0 Å². The topological polar surface area (TPSA) is 184 Å². The molecule has 3 aromatic carbocycles. The number of rotatable bonds is 13. The average Bonchev–Trinajstić information content (AvgIpc) is 4.16. The third-order valence-electron chi connectivity index (χ3n) is 14.7. The molecule has 0 spiro atoms. The summed E-state index contributed by atoms with van der Waals surface area (Å²) < 4.78 is 18.3. The molecule has 8 unspecified atom stereocenters. The summed E-state index contributed by atoms with van der Waals surface area (Å²) >= 11 is 0. The van der Waals surface area contributed by atoms with Crippen molar-refractivity contribution in [1.29, 1.82) is 0 Å². The molecule has 2 saturated heterocycles. The van der Waals surface area contributed by atoms with Crippen molar-refractivity contribution in [2.75, 3.05) is 20.2 Å². The molecule has 360 valence electrons. The van der Waals surface area contributed by atoms with Crippen LogP contribution < -0.4 is 20.5 Å². The number of aliphatic hydroxyl groups excluding tert-OH is 1. The fourth-order valence-electron chi connectivity index (χ4n) is 10.8. The third kappa shape index (κ3) is 9.30. The summed E-state index contributed by atoms with van der Waals surface area (Å²) in [6.07, 6.45) is 8.71. The molecule has 2 bridgehead atoms. The normalized spacial score (nSPS) is 22.8. The van der Waals surface area contributed by atoms with Gasteiger partial charge in [-0.2, -0.15) is 0 Å². The second-order valence-electron chi connectivity index (χ2n) is 20.2. The molecular formula is C54H68N8O6. The highest BCUT2D eigenvalue weighted by atomic mass is 16.5. The van der Waals surface area contributed by atoms with E-state index in [0.717, 1.165) is 95.2 Å². The number of alkyl carbamates (subject to hydrolysis) is 1. The number of benzene rings is 3. The average molecular weight is 925 g/mol. The number of likely N-dealkylation sites (tertiary alicyclic amines) is 2. The number of ether oxygens (including phenoxy) is 3. The number of allylic oxidation sites excluding steroid dienone is 1. The highest BCUT2D eigenvalue weighted by molar-refractivity contribution is 5.89. The van der Waals surface area contributed by atoms with Crippen molar-refractivity contribution in [2.45, 2.75) is 129 Å². The zero-order valence-corrected chi connectivity index (χ0v) is 40.7. The summed E-state index contributed by atoms with van der Waals surface area (Å²) in [7, 11) is 1.30. The molecule has 14 heteroatoms. The molecule has 3 aliphatic heterocycles. The lowest BCUT2D eigenvalue weighted by atomic mass is 9.78. The van der Waals surface area contributed by atoms with E-state index in [1.165, 1.54) is 18.2 Å². The van der Waals surface area contributed by atoms with Gasteiger partial charge < -0.3 is 45.2 Å². The predicted molar refractivity (Wildman–Crippen MR) is 263 cm³/mol. The number of carbonyl (C=O) groups is 2. The maximum absolute atomic E-state index is 13.9. The van der Waals surface area contributed by atoms with Crippen LogP contribution in [0, 0.1) is 17.8 Å². The lowest BCUT2D eigenvalue weighted by Crippen LogP contribution is -2.51. The molecule has 4 aliphatic rings. The Morgan fingerprint density at radius 2 is 1.57 bits per heavy atom. The Morgan fingerprint density at radius 1 is 0.882 bits per heavy atom. The maximum atomic E-state index is 13.9. The highest BCUT2D eigenvalue weighted by Crippen LogP contribution is 2.52. The number of amides is 2. The van der Waals surface area contributed by atoms with Crippen LogP contribution in [0.2, 0.25) is 0 Å². The fraction of sp³-hybridized carbons (Fsp3) is 0.481. The van der Waals surface area contributed by atoms with Crippen LogP contribution in [0.4, 0.5) is 4.79 Å². The number of nitrogens with two attached hydrogens (primary N) is 1. The molecule has 9 rings (SSSR count). The minimum absolute atomic E-state index is 0.0238. The molecule has 68 heavy (non-hydrogen) atoms. The van der Waals surface area contributed by atoms with Gasteiger partial charge in [0.2, 0.25) is 5.91 Å². The molecule has 8 atom stereocenters. The zero-order valence-electron chi connectivity index (χ0n) is 40.7. The van der Waals surface area contributed by atoms with E-state index in [1.807, 2.05) is 64.9 Å². The van der Waals surface area contributed by atoms with E-state index in [2.05, 4.69) is 87.8 Å². The van der Waals surface area contributed by atoms with E-state index in [4.69, 9.17) is 29.9 Å². The Morgan fingerprint density at radius 3 is 2.28 bits per heavy atom. The summed E-state index contributed by atoms with van der Waals surface area (Å²) in [4.78, 5) is 47.0. The van der Waals surface area contributed by atoms with E-state index in [1.54, 1.807) is 0 Å². The molecule has 0 saturated carbocycles. The monoisotopic (exact) mass is 925 g/mol. The number of hydrogen-bond donors (Lipinski definition) is 5. The van der Waals surface area contributed by atoms with Crippen LogP contribution in [0.1, 0.15) is 139 Å². The first-order valence-electron chi connectivity index (χ1n) is 24.6. The van der Waals surface area contributed by atoms with Gasteiger partial charge in [0, 0.05) is 41.7 Å². The Hall–Kier alpha value is -5.96. The smallest absolute Gasteiger partial charge is 0.407 e. The van der Waals surface area contributed by atoms with Crippen LogP contribution in [0.5, 0.6) is 11.5 Å². The first-order chi connectivity index (χ1) is 32.7. The molecule has 2 amide bonds. The summed E-state index contributed by atoms with van der Waals surface area (Å²) in [5.41, 5.74) is 15.9. The van der Waals surface area contributed by atoms with Crippen molar-refractivity contribution in [3.05, 3.63) is 107 Å². The van der Waals surface area contributed by atoms with Gasteiger partial charge in [0.15, 0.2) is 0 Å². The van der Waals surface area contributed by atoms with Gasteiger partial charge in [-0.05, 0) is 110 Å². The molecule has 5 aromatic rings. The van der Waals surface area contributed by atoms with Crippen molar-refractivity contribution in [3.8, 4) is 34.0 Å². The van der Waals surface area contributed by atoms with E-state index in [9.17, 15) is 14.7 Å². The number of nitrogens with one attached hydrogen (secondary N) is 3. The standard InChI is InChI=1S/C54H68N8O6/c1-29(2)47(55)52(63)61-20-10-14-44(61)50-56-27-42(58-50)33-16-18-39-32(7)41-25-37(23-36(39)22-33)40-19-17-34(26-46(40)68-49(41)35-12-9-13-38(24-35)67-31(5)6)43-28-57-51(59-43)45-15-11-21-62(45)53(64)48(30(3)4)60-54(65)66-8/h9,12-13,16-19,22-24,26-32,41,44-45,47-49,52,63H,10-11,14-15,20-21,25,55H2,1-8H3,(H,56,58)(H,57,59)(H,60,65). The number of methoxy groups -OCH3 is 1. The molecule has 2 aromatic heterocycles. The summed E-state index contributed by atoms with van der Waals surface area (Å²) in [6, 6.07) is 20.1. The number of fused-ring (bicyclic) bond motifs is 5. The Kier molecular flexibility index (Phi) is 13.6. The van der Waals surface area contributed by atoms with E-state index in [-0.39, 0.29) is 59.9 Å². The Bertz CT molecular complexity index is 2650. The van der Waals surface area contributed by atoms with Gasteiger partial charge in [-0.15, -0.1) is 0 Å². The Balaban J connectivity index is 1.06. The number of aliphatic hydroxyl groups is 1. The lowest BCUT2D eigenvalue weighted by Gasteiger charge is -2.33. The number of aromatic amines is 2. The zero-order chi connectivity index (χ0) is 48.0. The first kappa shape index (κ1) is 47.1. The quantitative estimate of drug-likeness (QED) is 0.0762. The number of carbonyl (C=O) groups excluding carboxylic acids is 2. The van der Waals surface area contributed by atoms with Crippen LogP contribution >= 0.6 is 0 Å². The van der Waals surface area contributed by atoms with Crippen molar-refractivity contribution >= 4 is 23.6 Å². The fourth-order valence-corrected chi connectivity index (χ4v) is 10.8. The molecule has 0 radical (unpaired) electrons. The van der Waals surface area contributed by atoms with E-state index >= 15 is 0 Å². The van der Waals surface area contributed by atoms with Gasteiger partial charge in [-0.1, -0.05) is 77.1 Å². The largest absolute Gasteiger partial charge is 0.491 e. The molecule has 14 nitrogen and oxygen atoms in total. The first-order valence-corrected chi connectivity index (χ1v) is 24.6. The van der Waals surface area contributed by atoms with Crippen molar-refractivity contribution < 1.29 is 28.9 Å². The second kappa shape index (κ2) is 19.6. The molecule has 2 fully saturated rings. The minimum Gasteiger partial charge on any atom is -0.491 e. The SMILES string of the molecule is COC(=O)NC(C(=O)N1CCCC1c1ncc(-c2ccc3c(c2)OC(c2cccc(OC(C)C)c2)C2CC3=Cc3cc(-c4cnc(C5CCCN5C(O)C(N)C(C)C)[nH]4)ccc3C2C)[nH]1)C(C)C. The van der Waals surface area contributed by atoms with Crippen LogP contribution in [-0.4, -0.2) is 91.5 Å². The van der Waals surface area contributed by atoms with E-state index in [0.29, 0.717) is 12.4 Å². The third-order valence-corrected chi connectivity index (χ3v) is 14.7. The van der Waals surface area contributed by atoms with Crippen molar-refractivity contribution in [1.82, 2.24) is 35.1 Å².